The van der Waals surface area contributed by atoms with Crippen molar-refractivity contribution in [1.29, 1.82) is 0 Å². The molecule has 2 aromatic carbocycles. The second kappa shape index (κ2) is 8.83. The highest BCUT2D eigenvalue weighted by molar-refractivity contribution is 8.17. The van der Waals surface area contributed by atoms with Crippen LogP contribution < -0.4 is 5.32 Å². The summed E-state index contributed by atoms with van der Waals surface area (Å²) in [6, 6.07) is 13.4. The second-order valence-electron chi connectivity index (χ2n) is 7.38. The molecule has 3 heterocycles. The molecule has 2 aromatic rings. The molecule has 4 nitrogen and oxygen atoms in total. The van der Waals surface area contributed by atoms with Gasteiger partial charge in [-0.1, -0.05) is 47.8 Å². The first-order chi connectivity index (χ1) is 13.5. The Hall–Kier alpha value is -1.67. The van der Waals surface area contributed by atoms with Gasteiger partial charge < -0.3 is 10.2 Å². The third kappa shape index (κ3) is 4.08. The number of thioether (sulfide) groups is 2. The minimum atomic E-state index is -0.261. The van der Waals surface area contributed by atoms with Crippen molar-refractivity contribution in [3.05, 3.63) is 70.5 Å². The van der Waals surface area contributed by atoms with E-state index >= 15 is 0 Å². The molecule has 0 fully saturated rings. The maximum absolute atomic E-state index is 14.2. The first-order valence-electron chi connectivity index (χ1n) is 9.10. The number of nitrogens with zero attached hydrogens (tertiary/aromatic N) is 3. The molecule has 1 N–H and O–H groups in total. The number of anilines is 1. The van der Waals surface area contributed by atoms with Crippen LogP contribution >= 0.6 is 48.3 Å². The molecule has 158 valence electrons. The molecule has 0 saturated heterocycles. The van der Waals surface area contributed by atoms with Crippen molar-refractivity contribution in [2.45, 2.75) is 25.9 Å². The molecule has 3 aliphatic rings. The van der Waals surface area contributed by atoms with Gasteiger partial charge in [0.2, 0.25) is 0 Å². The number of fused-ring (bicyclic) bond motifs is 3. The average molecular weight is 483 g/mol. The number of benzene rings is 2. The van der Waals surface area contributed by atoms with Gasteiger partial charge in [0.1, 0.15) is 5.82 Å². The third-order valence-corrected chi connectivity index (χ3v) is 6.89. The van der Waals surface area contributed by atoms with E-state index < -0.39 is 0 Å². The van der Waals surface area contributed by atoms with Crippen LogP contribution in [0.25, 0.3) is 0 Å². The normalized spacial score (nSPS) is 17.7. The topological polar surface area (TPSA) is 40.0 Å². The zero-order valence-electron chi connectivity index (χ0n) is 16.4. The van der Waals surface area contributed by atoms with Crippen LogP contribution in [0.2, 0.25) is 0 Å². The molecule has 0 spiro atoms. The minimum Gasteiger partial charge on any atom is -0.335 e. The molecule has 5 rings (SSSR count). The largest absolute Gasteiger partial charge is 0.335 e. The lowest BCUT2D eigenvalue weighted by Gasteiger charge is -2.31. The zero-order chi connectivity index (χ0) is 19.3. The van der Waals surface area contributed by atoms with E-state index in [1.54, 1.807) is 29.6 Å². The van der Waals surface area contributed by atoms with Crippen LogP contribution in [-0.4, -0.2) is 21.0 Å². The molecule has 3 aliphatic heterocycles. The first kappa shape index (κ1) is 23.0. The van der Waals surface area contributed by atoms with E-state index in [0.29, 0.717) is 12.1 Å². The van der Waals surface area contributed by atoms with Crippen LogP contribution in [0.3, 0.4) is 0 Å². The lowest BCUT2D eigenvalue weighted by atomic mass is 9.92. The molecule has 0 atom stereocenters. The van der Waals surface area contributed by atoms with Gasteiger partial charge in [0.05, 0.1) is 17.8 Å². The second-order valence-corrected chi connectivity index (χ2v) is 9.18. The van der Waals surface area contributed by atoms with Crippen molar-refractivity contribution in [2.24, 2.45) is 9.98 Å². The fraction of sp³-hybridized carbons (Fsp3) is 0.238. The van der Waals surface area contributed by atoms with Crippen LogP contribution in [0.15, 0.2) is 63.6 Å². The van der Waals surface area contributed by atoms with E-state index in [2.05, 4.69) is 46.6 Å². The molecule has 0 saturated carbocycles. The monoisotopic (exact) mass is 482 g/mol. The standard InChI is InChI=1S/C21H19FN4S2.2ClH/c1-21(2)15-6-3-4-8-18(15)23-19(25-21)27-11-13-12-28-20-24-17-9-5-7-16(22)14(17)10-26(13)20;;/h3-9,12H,10-11H2,1-2H3,(H,23,25);2*1H. The van der Waals surface area contributed by atoms with Crippen LogP contribution in [0.4, 0.5) is 15.8 Å². The minimum absolute atomic E-state index is 0. The summed E-state index contributed by atoms with van der Waals surface area (Å²) in [6.45, 7) is 4.79. The highest BCUT2D eigenvalue weighted by Gasteiger charge is 2.31. The number of rotatable bonds is 2. The fourth-order valence-corrected chi connectivity index (χ4v) is 5.62. The Morgan fingerprint density at radius 3 is 2.80 bits per heavy atom. The lowest BCUT2D eigenvalue weighted by molar-refractivity contribution is 0.494. The van der Waals surface area contributed by atoms with E-state index in [0.717, 1.165) is 33.2 Å². The summed E-state index contributed by atoms with van der Waals surface area (Å²) < 4.78 is 14.2. The van der Waals surface area contributed by atoms with E-state index in [1.165, 1.54) is 11.6 Å². The molecule has 0 aromatic heterocycles. The Labute approximate surface area is 196 Å². The predicted molar refractivity (Wildman–Crippen MR) is 132 cm³/mol. The van der Waals surface area contributed by atoms with E-state index in [1.807, 2.05) is 18.2 Å². The smallest absolute Gasteiger partial charge is 0.173 e. The van der Waals surface area contributed by atoms with Crippen molar-refractivity contribution in [1.82, 2.24) is 4.90 Å². The van der Waals surface area contributed by atoms with Gasteiger partial charge in [0, 0.05) is 28.3 Å². The van der Waals surface area contributed by atoms with Crippen LogP contribution in [-0.2, 0) is 12.1 Å². The van der Waals surface area contributed by atoms with Crippen molar-refractivity contribution in [2.75, 3.05) is 11.1 Å². The molecular weight excluding hydrogens is 462 g/mol. The Balaban J connectivity index is 0.00000128. The fourth-order valence-electron chi connectivity index (χ4n) is 3.60. The SMILES string of the molecule is CC1(C)N=C(SCC2=CSC3=Nc4cccc(F)c4CN23)Nc2ccccc21.Cl.Cl. The number of amidine groups is 2. The summed E-state index contributed by atoms with van der Waals surface area (Å²) in [6.07, 6.45) is 0. The summed E-state index contributed by atoms with van der Waals surface area (Å²) in [5, 5.41) is 7.37. The molecular formula is C21H21Cl2FN4S2. The van der Waals surface area contributed by atoms with Gasteiger partial charge in [-0.2, -0.15) is 0 Å². The number of hydrogen-bond acceptors (Lipinski definition) is 6. The highest BCUT2D eigenvalue weighted by Crippen LogP contribution is 2.40. The Kier molecular flexibility index (Phi) is 6.77. The van der Waals surface area contributed by atoms with E-state index in [4.69, 9.17) is 4.99 Å². The van der Waals surface area contributed by atoms with Crippen molar-refractivity contribution in [3.8, 4) is 0 Å². The van der Waals surface area contributed by atoms with Gasteiger partial charge in [-0.3, -0.25) is 4.99 Å². The summed E-state index contributed by atoms with van der Waals surface area (Å²) in [5.74, 6) is 0.556. The maximum Gasteiger partial charge on any atom is 0.173 e. The Morgan fingerprint density at radius 2 is 1.97 bits per heavy atom. The maximum atomic E-state index is 14.2. The number of nitrogens with one attached hydrogen (secondary N) is 1. The molecule has 0 amide bonds. The highest BCUT2D eigenvalue weighted by atomic mass is 35.5. The summed E-state index contributed by atoms with van der Waals surface area (Å²) >= 11 is 3.27. The number of aliphatic imine (C=N–C) groups is 2. The van der Waals surface area contributed by atoms with Crippen molar-refractivity contribution >= 4 is 70.0 Å². The molecule has 9 heteroatoms. The van der Waals surface area contributed by atoms with Crippen molar-refractivity contribution in [3.63, 3.8) is 0 Å². The van der Waals surface area contributed by atoms with Crippen LogP contribution in [0, 0.1) is 5.82 Å². The third-order valence-electron chi connectivity index (χ3n) is 5.07. The summed E-state index contributed by atoms with van der Waals surface area (Å²) in [4.78, 5) is 11.6. The quantitative estimate of drug-likeness (QED) is 0.529. The Morgan fingerprint density at radius 1 is 1.17 bits per heavy atom. The Bertz CT molecular complexity index is 1070. The molecule has 0 bridgehead atoms. The number of halogens is 3. The molecule has 30 heavy (non-hydrogen) atoms. The van der Waals surface area contributed by atoms with Gasteiger partial charge in [0.25, 0.3) is 0 Å². The van der Waals surface area contributed by atoms with Gasteiger partial charge in [-0.25, -0.2) is 9.38 Å². The number of hydrogen-bond donors (Lipinski definition) is 1. The van der Waals surface area contributed by atoms with Gasteiger partial charge in [-0.05, 0) is 37.5 Å². The van der Waals surface area contributed by atoms with E-state index in [9.17, 15) is 4.39 Å². The average Bonchev–Trinajstić information content (AvgIpc) is 3.07. The van der Waals surface area contributed by atoms with Crippen molar-refractivity contribution < 1.29 is 4.39 Å². The molecule has 0 unspecified atom stereocenters. The van der Waals surface area contributed by atoms with Gasteiger partial charge >= 0.3 is 0 Å². The van der Waals surface area contributed by atoms with Gasteiger partial charge in [0.15, 0.2) is 10.3 Å². The van der Waals surface area contributed by atoms with Crippen LogP contribution in [0.5, 0.6) is 0 Å². The molecule has 0 aliphatic carbocycles. The van der Waals surface area contributed by atoms with E-state index in [-0.39, 0.29) is 36.2 Å². The van der Waals surface area contributed by atoms with Crippen LogP contribution in [0.1, 0.15) is 25.0 Å². The molecule has 0 radical (unpaired) electrons. The first-order valence-corrected chi connectivity index (χ1v) is 11.0. The van der Waals surface area contributed by atoms with Gasteiger partial charge in [-0.15, -0.1) is 24.8 Å². The summed E-state index contributed by atoms with van der Waals surface area (Å²) in [5.41, 5.74) is 4.57. The zero-order valence-corrected chi connectivity index (χ0v) is 19.7. The summed E-state index contributed by atoms with van der Waals surface area (Å²) in [7, 11) is 0. The predicted octanol–water partition coefficient (Wildman–Crippen LogP) is 6.51. The number of para-hydroxylation sites is 1. The lowest BCUT2D eigenvalue weighted by Crippen LogP contribution is -2.29.